The zero-order valence-corrected chi connectivity index (χ0v) is 11.6. The van der Waals surface area contributed by atoms with Crippen LogP contribution >= 0.6 is 0 Å². The maximum atomic E-state index is 9.29. The third kappa shape index (κ3) is 2.87. The largest absolute Gasteiger partial charge is 0.460 e. The van der Waals surface area contributed by atoms with Crippen molar-refractivity contribution < 1.29 is 14.3 Å². The molecule has 3 rings (SSSR count). The summed E-state index contributed by atoms with van der Waals surface area (Å²) in [4.78, 5) is 0. The van der Waals surface area contributed by atoms with Gasteiger partial charge in [0.05, 0.1) is 6.54 Å². The van der Waals surface area contributed by atoms with Crippen LogP contribution in [-0.4, -0.2) is 30.5 Å². The number of rotatable bonds is 5. The van der Waals surface area contributed by atoms with Gasteiger partial charge in [0.25, 0.3) is 0 Å². The normalized spacial score (nSPS) is 18.4. The van der Waals surface area contributed by atoms with Gasteiger partial charge in [-0.3, -0.25) is 0 Å². The molecule has 2 aromatic rings. The van der Waals surface area contributed by atoms with E-state index in [0.29, 0.717) is 6.54 Å². The van der Waals surface area contributed by atoms with Gasteiger partial charge >= 0.3 is 0 Å². The lowest BCUT2D eigenvalue weighted by molar-refractivity contribution is 0.0260. The molecule has 2 N–H and O–H groups in total. The van der Waals surface area contributed by atoms with Crippen LogP contribution in [-0.2, 0) is 11.3 Å². The second-order valence-corrected chi connectivity index (χ2v) is 5.47. The average Bonchev–Trinajstić information content (AvgIpc) is 2.89. The first kappa shape index (κ1) is 13.6. The molecule has 1 aromatic heterocycles. The molecule has 0 spiro atoms. The molecule has 0 radical (unpaired) electrons. The van der Waals surface area contributed by atoms with E-state index >= 15 is 0 Å². The summed E-state index contributed by atoms with van der Waals surface area (Å²) in [6.07, 6.45) is 2.64. The zero-order chi connectivity index (χ0) is 13.8. The number of benzene rings is 1. The molecule has 0 atom stereocenters. The van der Waals surface area contributed by atoms with Gasteiger partial charge in [0.15, 0.2) is 0 Å². The van der Waals surface area contributed by atoms with Crippen LogP contribution in [0.25, 0.3) is 11.0 Å². The lowest BCUT2D eigenvalue weighted by Crippen LogP contribution is -2.49. The topological polar surface area (TPSA) is 54.6 Å². The molecule has 108 valence electrons. The summed E-state index contributed by atoms with van der Waals surface area (Å²) in [7, 11) is 0. The van der Waals surface area contributed by atoms with Crippen molar-refractivity contribution >= 4 is 11.0 Å². The van der Waals surface area contributed by atoms with Crippen LogP contribution in [0.15, 0.2) is 34.7 Å². The summed E-state index contributed by atoms with van der Waals surface area (Å²) in [6.45, 7) is 2.40. The molecule has 0 amide bonds. The van der Waals surface area contributed by atoms with Crippen molar-refractivity contribution in [2.24, 2.45) is 0 Å². The maximum Gasteiger partial charge on any atom is 0.134 e. The van der Waals surface area contributed by atoms with E-state index in [-0.39, 0.29) is 12.1 Å². The fourth-order valence-corrected chi connectivity index (χ4v) is 2.89. The predicted molar refractivity (Wildman–Crippen MR) is 77.5 cm³/mol. The summed E-state index contributed by atoms with van der Waals surface area (Å²) >= 11 is 0. The Labute approximate surface area is 118 Å². The molecule has 0 aliphatic carbocycles. The van der Waals surface area contributed by atoms with E-state index in [1.165, 1.54) is 0 Å². The average molecular weight is 275 g/mol. The highest BCUT2D eigenvalue weighted by atomic mass is 16.5. The van der Waals surface area contributed by atoms with Crippen molar-refractivity contribution in [1.29, 1.82) is 0 Å². The van der Waals surface area contributed by atoms with Crippen molar-refractivity contribution in [3.63, 3.8) is 0 Å². The molecule has 20 heavy (non-hydrogen) atoms. The summed E-state index contributed by atoms with van der Waals surface area (Å²) in [5.41, 5.74) is 0.902. The molecule has 1 aromatic carbocycles. The molecule has 1 saturated heterocycles. The molecular weight excluding hydrogens is 254 g/mol. The SMILES string of the molecule is OCCC1(NCc2cc3ccccc3o2)CCOCC1. The number of ether oxygens (including phenoxy) is 1. The van der Waals surface area contributed by atoms with Crippen molar-refractivity contribution in [3.05, 3.63) is 36.1 Å². The van der Waals surface area contributed by atoms with Gasteiger partial charge < -0.3 is 19.6 Å². The van der Waals surface area contributed by atoms with Crippen LogP contribution in [0.3, 0.4) is 0 Å². The Morgan fingerprint density at radius 2 is 2.00 bits per heavy atom. The van der Waals surface area contributed by atoms with E-state index in [1.807, 2.05) is 18.2 Å². The monoisotopic (exact) mass is 275 g/mol. The Hall–Kier alpha value is -1.36. The van der Waals surface area contributed by atoms with Gasteiger partial charge in [-0.2, -0.15) is 0 Å². The van der Waals surface area contributed by atoms with Crippen molar-refractivity contribution in [2.75, 3.05) is 19.8 Å². The highest BCUT2D eigenvalue weighted by Crippen LogP contribution is 2.26. The number of aliphatic hydroxyl groups is 1. The van der Waals surface area contributed by atoms with E-state index < -0.39 is 0 Å². The van der Waals surface area contributed by atoms with Gasteiger partial charge in [0.2, 0.25) is 0 Å². The van der Waals surface area contributed by atoms with Gasteiger partial charge in [-0.1, -0.05) is 18.2 Å². The highest BCUT2D eigenvalue weighted by molar-refractivity contribution is 5.77. The summed E-state index contributed by atoms with van der Waals surface area (Å²) in [6, 6.07) is 10.1. The first-order valence-electron chi connectivity index (χ1n) is 7.22. The van der Waals surface area contributed by atoms with Gasteiger partial charge in [-0.15, -0.1) is 0 Å². The van der Waals surface area contributed by atoms with E-state index in [1.54, 1.807) is 0 Å². The van der Waals surface area contributed by atoms with Gasteiger partial charge in [-0.05, 0) is 31.4 Å². The lowest BCUT2D eigenvalue weighted by Gasteiger charge is -2.37. The number of hydrogen-bond acceptors (Lipinski definition) is 4. The van der Waals surface area contributed by atoms with Crippen LogP contribution in [0.4, 0.5) is 0 Å². The minimum Gasteiger partial charge on any atom is -0.460 e. The van der Waals surface area contributed by atoms with Crippen molar-refractivity contribution in [2.45, 2.75) is 31.3 Å². The molecule has 1 aliphatic heterocycles. The number of hydrogen-bond donors (Lipinski definition) is 2. The Kier molecular flexibility index (Phi) is 4.05. The predicted octanol–water partition coefficient (Wildman–Crippen LogP) is 2.45. The quantitative estimate of drug-likeness (QED) is 0.880. The first-order chi connectivity index (χ1) is 9.81. The second-order valence-electron chi connectivity index (χ2n) is 5.47. The molecule has 0 bridgehead atoms. The fraction of sp³-hybridized carbons (Fsp3) is 0.500. The Balaban J connectivity index is 1.70. The summed E-state index contributed by atoms with van der Waals surface area (Å²) in [5.74, 6) is 0.940. The fourth-order valence-electron chi connectivity index (χ4n) is 2.89. The molecule has 4 nitrogen and oxygen atoms in total. The Morgan fingerprint density at radius 3 is 2.75 bits per heavy atom. The molecule has 4 heteroatoms. The third-order valence-electron chi connectivity index (χ3n) is 4.15. The number of para-hydroxylation sites is 1. The zero-order valence-electron chi connectivity index (χ0n) is 11.6. The number of fused-ring (bicyclic) bond motifs is 1. The lowest BCUT2D eigenvalue weighted by atomic mass is 9.87. The minimum atomic E-state index is -0.0219. The summed E-state index contributed by atoms with van der Waals surface area (Å²) < 4.78 is 11.3. The van der Waals surface area contributed by atoms with Gasteiger partial charge in [0.1, 0.15) is 11.3 Å². The van der Waals surface area contributed by atoms with E-state index in [9.17, 15) is 5.11 Å². The molecule has 1 aliphatic rings. The highest BCUT2D eigenvalue weighted by Gasteiger charge is 2.31. The van der Waals surface area contributed by atoms with E-state index in [2.05, 4.69) is 17.4 Å². The van der Waals surface area contributed by atoms with Gasteiger partial charge in [0, 0.05) is 30.7 Å². The molecule has 0 unspecified atom stereocenters. The van der Waals surface area contributed by atoms with Crippen LogP contribution < -0.4 is 5.32 Å². The Morgan fingerprint density at radius 1 is 1.20 bits per heavy atom. The van der Waals surface area contributed by atoms with Gasteiger partial charge in [-0.25, -0.2) is 0 Å². The number of aliphatic hydroxyl groups excluding tert-OH is 1. The first-order valence-corrected chi connectivity index (χ1v) is 7.22. The standard InChI is InChI=1S/C16H21NO3/c18-8-5-16(6-9-19-10-7-16)17-12-14-11-13-3-1-2-4-15(13)20-14/h1-4,11,17-18H,5-10,12H2. The molecular formula is C16H21NO3. The molecule has 1 fully saturated rings. The molecule has 2 heterocycles. The van der Waals surface area contributed by atoms with E-state index in [0.717, 1.165) is 49.2 Å². The van der Waals surface area contributed by atoms with Crippen molar-refractivity contribution in [1.82, 2.24) is 5.32 Å². The third-order valence-corrected chi connectivity index (χ3v) is 4.15. The maximum absolute atomic E-state index is 9.29. The second kappa shape index (κ2) is 5.95. The van der Waals surface area contributed by atoms with Crippen molar-refractivity contribution in [3.8, 4) is 0 Å². The Bertz CT molecular complexity index is 519. The number of nitrogens with one attached hydrogen (secondary N) is 1. The van der Waals surface area contributed by atoms with E-state index in [4.69, 9.17) is 9.15 Å². The van der Waals surface area contributed by atoms with Crippen LogP contribution in [0.2, 0.25) is 0 Å². The molecule has 0 saturated carbocycles. The minimum absolute atomic E-state index is 0.0219. The van der Waals surface area contributed by atoms with Crippen LogP contribution in [0.5, 0.6) is 0 Å². The van der Waals surface area contributed by atoms with Crippen LogP contribution in [0.1, 0.15) is 25.0 Å². The number of furan rings is 1. The summed E-state index contributed by atoms with van der Waals surface area (Å²) in [5, 5.41) is 14.0. The van der Waals surface area contributed by atoms with Crippen LogP contribution in [0, 0.1) is 0 Å². The smallest absolute Gasteiger partial charge is 0.134 e.